The lowest BCUT2D eigenvalue weighted by molar-refractivity contribution is -0.137. The maximum absolute atomic E-state index is 13.9. The molecule has 0 radical (unpaired) electrons. The second kappa shape index (κ2) is 8.66. The van der Waals surface area contributed by atoms with E-state index in [0.717, 1.165) is 36.4 Å². The number of aryl methyl sites for hydroxylation is 2. The topological polar surface area (TPSA) is 91.8 Å². The molecular weight excluding hydrogens is 469 g/mol. The maximum atomic E-state index is 13.9. The lowest BCUT2D eigenvalue weighted by Crippen LogP contribution is -2.19. The smallest absolute Gasteiger partial charge is 0.361 e. The first-order valence-electron chi connectivity index (χ1n) is 10.7. The van der Waals surface area contributed by atoms with Crippen molar-refractivity contribution in [1.82, 2.24) is 29.9 Å². The number of ether oxygens (including phenoxy) is 1. The maximum Gasteiger partial charge on any atom is 0.420 e. The van der Waals surface area contributed by atoms with Crippen LogP contribution in [0.4, 0.5) is 13.2 Å². The van der Waals surface area contributed by atoms with Crippen molar-refractivity contribution in [2.24, 2.45) is 0 Å². The highest BCUT2D eigenvalue weighted by Gasteiger charge is 2.37. The highest BCUT2D eigenvalue weighted by atomic mass is 32.2. The summed E-state index contributed by atoms with van der Waals surface area (Å²) in [6.45, 7) is 4.14. The van der Waals surface area contributed by atoms with E-state index in [9.17, 15) is 13.2 Å². The molecule has 1 unspecified atom stereocenters. The first-order chi connectivity index (χ1) is 16.3. The van der Waals surface area contributed by atoms with E-state index in [2.05, 4.69) is 20.2 Å². The Morgan fingerprint density at radius 1 is 1.12 bits per heavy atom. The lowest BCUT2D eigenvalue weighted by Gasteiger charge is -2.23. The molecule has 0 amide bonds. The third-order valence-corrected chi connectivity index (χ3v) is 6.31. The zero-order valence-corrected chi connectivity index (χ0v) is 19.5. The molecule has 5 rings (SSSR count). The first-order valence-corrected chi connectivity index (χ1v) is 11.9. The molecule has 1 saturated heterocycles. The summed E-state index contributed by atoms with van der Waals surface area (Å²) in [5.74, 6) is 0.601. The van der Waals surface area contributed by atoms with Crippen LogP contribution >= 0.6 is 11.8 Å². The fourth-order valence-electron chi connectivity index (χ4n) is 4.15. The van der Waals surface area contributed by atoms with E-state index in [1.807, 2.05) is 6.92 Å². The molecule has 1 atom stereocenters. The molecule has 1 fully saturated rings. The summed E-state index contributed by atoms with van der Waals surface area (Å²) in [6, 6.07) is 3.45. The van der Waals surface area contributed by atoms with Crippen LogP contribution in [0.5, 0.6) is 0 Å². The van der Waals surface area contributed by atoms with Gasteiger partial charge in [-0.1, -0.05) is 16.9 Å². The minimum absolute atomic E-state index is 0.0898. The number of nitrogens with zero attached hydrogens (tertiary/aromatic N) is 6. The van der Waals surface area contributed by atoms with Gasteiger partial charge in [0.05, 0.1) is 17.0 Å². The minimum Gasteiger partial charge on any atom is -0.361 e. The van der Waals surface area contributed by atoms with E-state index in [1.165, 1.54) is 0 Å². The van der Waals surface area contributed by atoms with Gasteiger partial charge in [0.15, 0.2) is 17.0 Å². The van der Waals surface area contributed by atoms with Crippen LogP contribution in [0.3, 0.4) is 0 Å². The lowest BCUT2D eigenvalue weighted by atomic mass is 10.1. The highest BCUT2D eigenvalue weighted by Crippen LogP contribution is 2.40. The molecule has 8 nitrogen and oxygen atoms in total. The molecule has 4 aromatic rings. The molecule has 4 aromatic heterocycles. The van der Waals surface area contributed by atoms with Crippen LogP contribution in [-0.2, 0) is 10.9 Å². The van der Waals surface area contributed by atoms with Crippen LogP contribution in [0.15, 0.2) is 28.0 Å². The van der Waals surface area contributed by atoms with Gasteiger partial charge >= 0.3 is 6.18 Å². The minimum atomic E-state index is -4.65. The number of halogens is 3. The van der Waals surface area contributed by atoms with E-state index >= 15 is 0 Å². The van der Waals surface area contributed by atoms with Gasteiger partial charge in [-0.2, -0.15) is 18.3 Å². The molecule has 0 aromatic carbocycles. The number of pyridine rings is 1. The average molecular weight is 491 g/mol. The molecule has 0 spiro atoms. The van der Waals surface area contributed by atoms with Crippen molar-refractivity contribution in [3.63, 3.8) is 0 Å². The predicted octanol–water partition coefficient (Wildman–Crippen LogP) is 5.60. The van der Waals surface area contributed by atoms with Crippen molar-refractivity contribution in [3.05, 3.63) is 35.3 Å². The monoisotopic (exact) mass is 490 g/mol. The van der Waals surface area contributed by atoms with Gasteiger partial charge in [0.25, 0.3) is 0 Å². The van der Waals surface area contributed by atoms with E-state index in [4.69, 9.17) is 14.2 Å². The van der Waals surface area contributed by atoms with Crippen molar-refractivity contribution >= 4 is 22.8 Å². The number of alkyl halides is 3. The number of thioether (sulfide) groups is 1. The number of rotatable bonds is 4. The van der Waals surface area contributed by atoms with Crippen LogP contribution in [-0.4, -0.2) is 42.8 Å². The van der Waals surface area contributed by atoms with Gasteiger partial charge in [-0.05, 0) is 51.5 Å². The van der Waals surface area contributed by atoms with Crippen molar-refractivity contribution in [1.29, 1.82) is 0 Å². The Morgan fingerprint density at radius 3 is 2.59 bits per heavy atom. The van der Waals surface area contributed by atoms with Gasteiger partial charge in [-0.15, -0.1) is 0 Å². The molecule has 178 valence electrons. The highest BCUT2D eigenvalue weighted by molar-refractivity contribution is 7.98. The SMILES string of the molecule is CSc1ncc(C(F)(F)F)c(-c2nn(C3CCCCO3)c3nc(-c4c(C)noc4C)ccc23)n1. The van der Waals surface area contributed by atoms with Crippen LogP contribution in [0, 0.1) is 13.8 Å². The Morgan fingerprint density at radius 2 is 1.94 bits per heavy atom. The van der Waals surface area contributed by atoms with Crippen molar-refractivity contribution in [3.8, 4) is 22.6 Å². The van der Waals surface area contributed by atoms with Crippen molar-refractivity contribution in [2.45, 2.75) is 50.7 Å². The Bertz CT molecular complexity index is 1340. The molecule has 12 heteroatoms. The summed E-state index contributed by atoms with van der Waals surface area (Å²) in [7, 11) is 0. The van der Waals surface area contributed by atoms with Gasteiger partial charge in [0, 0.05) is 18.2 Å². The summed E-state index contributed by atoms with van der Waals surface area (Å²) >= 11 is 1.16. The summed E-state index contributed by atoms with van der Waals surface area (Å²) in [5.41, 5.74) is 1.28. The Balaban J connectivity index is 1.77. The summed E-state index contributed by atoms with van der Waals surface area (Å²) in [4.78, 5) is 12.8. The molecular formula is C22H21F3N6O2S. The van der Waals surface area contributed by atoms with Crippen LogP contribution in [0.2, 0.25) is 0 Å². The number of aromatic nitrogens is 6. The zero-order valence-electron chi connectivity index (χ0n) is 18.7. The molecule has 0 N–H and O–H groups in total. The molecule has 0 bridgehead atoms. The van der Waals surface area contributed by atoms with Gasteiger partial charge in [0.1, 0.15) is 22.7 Å². The Labute approximate surface area is 196 Å². The van der Waals surface area contributed by atoms with Gasteiger partial charge in [-0.3, -0.25) is 0 Å². The zero-order chi connectivity index (χ0) is 24.0. The molecule has 1 aliphatic heterocycles. The molecule has 0 aliphatic carbocycles. The largest absolute Gasteiger partial charge is 0.420 e. The molecule has 5 heterocycles. The second-order valence-electron chi connectivity index (χ2n) is 8.00. The van der Waals surface area contributed by atoms with Crippen molar-refractivity contribution < 1.29 is 22.4 Å². The van der Waals surface area contributed by atoms with Crippen LogP contribution in [0.1, 0.15) is 42.5 Å². The number of hydrogen-bond acceptors (Lipinski definition) is 8. The third-order valence-electron chi connectivity index (χ3n) is 5.75. The number of hydrogen-bond donors (Lipinski definition) is 0. The quantitative estimate of drug-likeness (QED) is 0.270. The first kappa shape index (κ1) is 22.8. The van der Waals surface area contributed by atoms with E-state index in [-0.39, 0.29) is 16.5 Å². The molecule has 34 heavy (non-hydrogen) atoms. The van der Waals surface area contributed by atoms with Gasteiger partial charge in [-0.25, -0.2) is 19.6 Å². The summed E-state index contributed by atoms with van der Waals surface area (Å²) in [6.07, 6.45) is -0.0518. The fourth-order valence-corrected chi connectivity index (χ4v) is 4.49. The second-order valence-corrected chi connectivity index (χ2v) is 8.77. The average Bonchev–Trinajstić information content (AvgIpc) is 3.37. The van der Waals surface area contributed by atoms with Crippen LogP contribution in [0.25, 0.3) is 33.7 Å². The molecule has 1 aliphatic rings. The van der Waals surface area contributed by atoms with Gasteiger partial charge < -0.3 is 9.26 Å². The fraction of sp³-hybridized carbons (Fsp3) is 0.409. The van der Waals surface area contributed by atoms with Gasteiger partial charge in [0.2, 0.25) is 0 Å². The predicted molar refractivity (Wildman–Crippen MR) is 119 cm³/mol. The Kier molecular flexibility index (Phi) is 5.80. The van der Waals surface area contributed by atoms with E-state index < -0.39 is 18.0 Å². The third kappa shape index (κ3) is 3.94. The van der Waals surface area contributed by atoms with E-state index in [0.29, 0.717) is 41.2 Å². The summed E-state index contributed by atoms with van der Waals surface area (Å²) in [5, 5.41) is 9.25. The number of fused-ring (bicyclic) bond motifs is 1. The normalized spacial score (nSPS) is 16.9. The Hall–Kier alpha value is -2.99. The van der Waals surface area contributed by atoms with Crippen molar-refractivity contribution in [2.75, 3.05) is 12.9 Å². The van der Waals surface area contributed by atoms with E-state index in [1.54, 1.807) is 30.0 Å². The van der Waals surface area contributed by atoms with Crippen LogP contribution < -0.4 is 0 Å². The summed E-state index contributed by atoms with van der Waals surface area (Å²) < 4.78 is 54.4. The molecule has 0 saturated carbocycles. The standard InChI is InChI=1S/C22H21F3N6O2S/c1-11-17(12(2)33-30-11)15-8-7-13-18(19-14(22(23,24)25)10-26-21(28-19)34-3)29-31(20(13)27-15)16-6-4-5-9-32-16/h7-8,10,16H,4-6,9H2,1-3H3.